The minimum atomic E-state index is 0.428. The standard InChI is InChI=1S/C12H20O/c1-8-6-7-11(13)12-9(2)4-3-5-10(8)12/h8-10,12H,3-7H2,1-2H3/t8-,9+,10+,12-/m0/s1. The van der Waals surface area contributed by atoms with Gasteiger partial charge in [0.1, 0.15) is 5.78 Å². The van der Waals surface area contributed by atoms with Crippen LogP contribution in [-0.2, 0) is 4.79 Å². The van der Waals surface area contributed by atoms with E-state index in [1.807, 2.05) is 0 Å². The van der Waals surface area contributed by atoms with E-state index in [0.717, 1.165) is 24.7 Å². The summed E-state index contributed by atoms with van der Waals surface area (Å²) in [4.78, 5) is 11.8. The van der Waals surface area contributed by atoms with Crippen LogP contribution in [0, 0.1) is 23.7 Å². The Kier molecular flexibility index (Phi) is 2.44. The summed E-state index contributed by atoms with van der Waals surface area (Å²) in [7, 11) is 0. The monoisotopic (exact) mass is 180 g/mol. The summed E-state index contributed by atoms with van der Waals surface area (Å²) >= 11 is 0. The molecule has 0 amide bonds. The van der Waals surface area contributed by atoms with Crippen LogP contribution in [0.4, 0.5) is 0 Å². The smallest absolute Gasteiger partial charge is 0.136 e. The van der Waals surface area contributed by atoms with E-state index in [1.165, 1.54) is 19.3 Å². The second-order valence-corrected chi connectivity index (χ2v) is 5.08. The van der Waals surface area contributed by atoms with Crippen molar-refractivity contribution in [3.63, 3.8) is 0 Å². The highest BCUT2D eigenvalue weighted by Crippen LogP contribution is 2.44. The van der Waals surface area contributed by atoms with Crippen LogP contribution in [-0.4, -0.2) is 5.78 Å². The van der Waals surface area contributed by atoms with Crippen LogP contribution in [0.15, 0.2) is 0 Å². The molecule has 2 aliphatic rings. The lowest BCUT2D eigenvalue weighted by molar-refractivity contribution is -0.132. The molecule has 0 heterocycles. The summed E-state index contributed by atoms with van der Waals surface area (Å²) in [5.74, 6) is 3.18. The third kappa shape index (κ3) is 1.53. The zero-order chi connectivity index (χ0) is 9.42. The molecule has 0 unspecified atom stereocenters. The molecular weight excluding hydrogens is 160 g/mol. The van der Waals surface area contributed by atoms with Gasteiger partial charge in [0.2, 0.25) is 0 Å². The Labute approximate surface area is 80.9 Å². The molecule has 0 bridgehead atoms. The number of hydrogen-bond acceptors (Lipinski definition) is 1. The summed E-state index contributed by atoms with van der Waals surface area (Å²) in [5.41, 5.74) is 0. The molecule has 2 rings (SSSR count). The van der Waals surface area contributed by atoms with Crippen LogP contribution in [0.5, 0.6) is 0 Å². The van der Waals surface area contributed by atoms with Crippen molar-refractivity contribution in [2.45, 2.75) is 46.0 Å². The number of ketones is 1. The van der Waals surface area contributed by atoms with Crippen molar-refractivity contribution < 1.29 is 4.79 Å². The number of fused-ring (bicyclic) bond motifs is 1. The quantitative estimate of drug-likeness (QED) is 0.560. The summed E-state index contributed by atoms with van der Waals surface area (Å²) in [6.45, 7) is 4.61. The Morgan fingerprint density at radius 3 is 2.54 bits per heavy atom. The van der Waals surface area contributed by atoms with E-state index < -0.39 is 0 Å². The first-order valence-electron chi connectivity index (χ1n) is 5.73. The van der Waals surface area contributed by atoms with Crippen molar-refractivity contribution in [3.05, 3.63) is 0 Å². The normalized spacial score (nSPS) is 45.8. The molecule has 0 radical (unpaired) electrons. The highest BCUT2D eigenvalue weighted by atomic mass is 16.1. The summed E-state index contributed by atoms with van der Waals surface area (Å²) in [6.07, 6.45) is 5.93. The molecule has 0 N–H and O–H groups in total. The van der Waals surface area contributed by atoms with E-state index in [-0.39, 0.29) is 0 Å². The van der Waals surface area contributed by atoms with E-state index in [2.05, 4.69) is 13.8 Å². The molecule has 0 aromatic rings. The van der Waals surface area contributed by atoms with E-state index >= 15 is 0 Å². The lowest BCUT2D eigenvalue weighted by Gasteiger charge is -2.42. The molecule has 0 spiro atoms. The second kappa shape index (κ2) is 3.43. The van der Waals surface area contributed by atoms with Crippen molar-refractivity contribution in [3.8, 4) is 0 Å². The van der Waals surface area contributed by atoms with Crippen LogP contribution in [0.25, 0.3) is 0 Å². The minimum absolute atomic E-state index is 0.428. The largest absolute Gasteiger partial charge is 0.299 e. The molecule has 4 atom stereocenters. The number of hydrogen-bond donors (Lipinski definition) is 0. The van der Waals surface area contributed by atoms with Gasteiger partial charge in [-0.2, -0.15) is 0 Å². The zero-order valence-corrected chi connectivity index (χ0v) is 8.75. The Morgan fingerprint density at radius 2 is 1.85 bits per heavy atom. The SMILES string of the molecule is C[C@@H]1CCC[C@H]2[C@H]1C(=O)CC[C@@H]2C. The summed E-state index contributed by atoms with van der Waals surface area (Å²) < 4.78 is 0. The molecule has 0 aromatic carbocycles. The lowest BCUT2D eigenvalue weighted by atomic mass is 9.62. The number of Topliss-reactive ketones (excluding diaryl/α,β-unsaturated/α-hetero) is 1. The predicted octanol–water partition coefficient (Wildman–Crippen LogP) is 3.04. The Morgan fingerprint density at radius 1 is 1.08 bits per heavy atom. The van der Waals surface area contributed by atoms with E-state index in [9.17, 15) is 4.79 Å². The zero-order valence-electron chi connectivity index (χ0n) is 8.75. The molecule has 74 valence electrons. The third-order valence-electron chi connectivity index (χ3n) is 4.22. The molecule has 0 aliphatic heterocycles. The maximum absolute atomic E-state index is 11.8. The van der Waals surface area contributed by atoms with Gasteiger partial charge in [0.05, 0.1) is 0 Å². The molecule has 0 saturated heterocycles. The fraction of sp³-hybridized carbons (Fsp3) is 0.917. The number of carbonyl (C=O) groups excluding carboxylic acids is 1. The topological polar surface area (TPSA) is 17.1 Å². The maximum Gasteiger partial charge on any atom is 0.136 e. The van der Waals surface area contributed by atoms with Gasteiger partial charge < -0.3 is 0 Å². The minimum Gasteiger partial charge on any atom is -0.299 e. The molecule has 2 saturated carbocycles. The molecule has 2 aliphatic carbocycles. The van der Waals surface area contributed by atoms with Crippen LogP contribution in [0.2, 0.25) is 0 Å². The summed E-state index contributed by atoms with van der Waals surface area (Å²) in [5, 5.41) is 0. The first kappa shape index (κ1) is 9.23. The average Bonchev–Trinajstić information content (AvgIpc) is 2.12. The average molecular weight is 180 g/mol. The van der Waals surface area contributed by atoms with Crippen molar-refractivity contribution in [1.29, 1.82) is 0 Å². The van der Waals surface area contributed by atoms with E-state index in [0.29, 0.717) is 17.6 Å². The van der Waals surface area contributed by atoms with Crippen molar-refractivity contribution in [2.24, 2.45) is 23.7 Å². The van der Waals surface area contributed by atoms with Gasteiger partial charge in [0, 0.05) is 12.3 Å². The maximum atomic E-state index is 11.8. The van der Waals surface area contributed by atoms with Gasteiger partial charge in [-0.3, -0.25) is 4.79 Å². The van der Waals surface area contributed by atoms with E-state index in [1.54, 1.807) is 0 Å². The molecule has 2 fully saturated rings. The fourth-order valence-corrected chi connectivity index (χ4v) is 3.40. The fourth-order valence-electron chi connectivity index (χ4n) is 3.40. The highest BCUT2D eigenvalue weighted by molar-refractivity contribution is 5.82. The van der Waals surface area contributed by atoms with Gasteiger partial charge in [-0.1, -0.05) is 26.7 Å². The second-order valence-electron chi connectivity index (χ2n) is 5.08. The van der Waals surface area contributed by atoms with Crippen LogP contribution in [0.1, 0.15) is 46.0 Å². The van der Waals surface area contributed by atoms with Gasteiger partial charge in [-0.25, -0.2) is 0 Å². The molecule has 13 heavy (non-hydrogen) atoms. The lowest BCUT2D eigenvalue weighted by Crippen LogP contribution is -2.40. The number of rotatable bonds is 0. The van der Waals surface area contributed by atoms with Crippen molar-refractivity contribution in [2.75, 3.05) is 0 Å². The molecule has 1 heteroatoms. The Bertz CT molecular complexity index is 209. The van der Waals surface area contributed by atoms with Crippen LogP contribution in [0.3, 0.4) is 0 Å². The first-order chi connectivity index (χ1) is 6.20. The van der Waals surface area contributed by atoms with Crippen LogP contribution < -0.4 is 0 Å². The Hall–Kier alpha value is -0.330. The third-order valence-corrected chi connectivity index (χ3v) is 4.22. The van der Waals surface area contributed by atoms with Crippen molar-refractivity contribution >= 4 is 5.78 Å². The van der Waals surface area contributed by atoms with Gasteiger partial charge >= 0.3 is 0 Å². The van der Waals surface area contributed by atoms with Gasteiger partial charge in [0.25, 0.3) is 0 Å². The Balaban J connectivity index is 2.17. The predicted molar refractivity (Wildman–Crippen MR) is 53.4 cm³/mol. The number of carbonyl (C=O) groups is 1. The van der Waals surface area contributed by atoms with Gasteiger partial charge in [-0.05, 0) is 30.6 Å². The highest BCUT2D eigenvalue weighted by Gasteiger charge is 2.41. The van der Waals surface area contributed by atoms with Gasteiger partial charge in [-0.15, -0.1) is 0 Å². The van der Waals surface area contributed by atoms with Crippen LogP contribution >= 0.6 is 0 Å². The van der Waals surface area contributed by atoms with Crippen molar-refractivity contribution in [1.82, 2.24) is 0 Å². The molecule has 1 nitrogen and oxygen atoms in total. The van der Waals surface area contributed by atoms with Gasteiger partial charge in [0.15, 0.2) is 0 Å². The first-order valence-corrected chi connectivity index (χ1v) is 5.73. The molecule has 0 aromatic heterocycles. The van der Waals surface area contributed by atoms with E-state index in [4.69, 9.17) is 0 Å². The summed E-state index contributed by atoms with van der Waals surface area (Å²) in [6, 6.07) is 0. The molecular formula is C12H20O.